The summed E-state index contributed by atoms with van der Waals surface area (Å²) in [6.45, 7) is 0. The molecular formula is C11H14FNO4S. The first-order valence-corrected chi connectivity index (χ1v) is 6.91. The first-order valence-electron chi connectivity index (χ1n) is 5.26. The average molecular weight is 275 g/mol. The molecule has 0 aromatic heterocycles. The Kier molecular flexibility index (Phi) is 5.08. The van der Waals surface area contributed by atoms with E-state index >= 15 is 0 Å². The molecule has 0 unspecified atom stereocenters. The van der Waals surface area contributed by atoms with Crippen LogP contribution < -0.4 is 4.72 Å². The lowest BCUT2D eigenvalue weighted by Gasteiger charge is -2.07. The average Bonchev–Trinajstić information content (AvgIpc) is 2.31. The molecule has 1 N–H and O–H groups in total. The Morgan fingerprint density at radius 3 is 2.50 bits per heavy atom. The molecule has 0 fully saturated rings. The predicted molar refractivity (Wildman–Crippen MR) is 65.1 cm³/mol. The number of anilines is 1. The minimum Gasteiger partial charge on any atom is -0.469 e. The van der Waals surface area contributed by atoms with E-state index in [1.54, 1.807) is 0 Å². The molecule has 0 aliphatic carbocycles. The van der Waals surface area contributed by atoms with E-state index in [1.807, 2.05) is 0 Å². The van der Waals surface area contributed by atoms with Crippen molar-refractivity contribution in [3.8, 4) is 0 Å². The summed E-state index contributed by atoms with van der Waals surface area (Å²) in [6, 6.07) is 4.97. The molecule has 0 spiro atoms. The molecule has 0 aliphatic heterocycles. The molecular weight excluding hydrogens is 261 g/mol. The maximum absolute atomic E-state index is 12.6. The molecule has 1 aromatic rings. The summed E-state index contributed by atoms with van der Waals surface area (Å²) in [5.74, 6) is -1.09. The van der Waals surface area contributed by atoms with Crippen molar-refractivity contribution in [3.05, 3.63) is 30.1 Å². The number of methoxy groups -OCH3 is 1. The third kappa shape index (κ3) is 5.13. The summed E-state index contributed by atoms with van der Waals surface area (Å²) < 4.78 is 42.5. The molecule has 18 heavy (non-hydrogen) atoms. The highest BCUT2D eigenvalue weighted by Gasteiger charge is 2.11. The molecule has 1 rings (SSSR count). The molecule has 0 saturated heterocycles. The first kappa shape index (κ1) is 14.4. The van der Waals surface area contributed by atoms with E-state index in [4.69, 9.17) is 0 Å². The van der Waals surface area contributed by atoms with Gasteiger partial charge in [-0.2, -0.15) is 0 Å². The van der Waals surface area contributed by atoms with Crippen LogP contribution in [0.2, 0.25) is 0 Å². The fourth-order valence-electron chi connectivity index (χ4n) is 1.26. The lowest BCUT2D eigenvalue weighted by Crippen LogP contribution is -2.17. The number of nitrogens with one attached hydrogen (secondary N) is 1. The molecule has 0 radical (unpaired) electrons. The second-order valence-electron chi connectivity index (χ2n) is 3.61. The van der Waals surface area contributed by atoms with Crippen LogP contribution >= 0.6 is 0 Å². The van der Waals surface area contributed by atoms with Crippen molar-refractivity contribution in [1.82, 2.24) is 0 Å². The van der Waals surface area contributed by atoms with Crippen LogP contribution in [0.3, 0.4) is 0 Å². The molecule has 0 aliphatic rings. The highest BCUT2D eigenvalue weighted by Crippen LogP contribution is 2.11. The Morgan fingerprint density at radius 2 is 1.94 bits per heavy atom. The number of ether oxygens (including phenoxy) is 1. The SMILES string of the molecule is COC(=O)CCCS(=O)(=O)Nc1ccc(F)cc1. The minimum atomic E-state index is -3.53. The predicted octanol–water partition coefficient (Wildman–Crippen LogP) is 1.52. The fraction of sp³-hybridized carbons (Fsp3) is 0.364. The second-order valence-corrected chi connectivity index (χ2v) is 5.45. The van der Waals surface area contributed by atoms with E-state index in [2.05, 4.69) is 9.46 Å². The zero-order valence-electron chi connectivity index (χ0n) is 9.85. The lowest BCUT2D eigenvalue weighted by molar-refractivity contribution is -0.140. The van der Waals surface area contributed by atoms with Gasteiger partial charge in [-0.05, 0) is 30.7 Å². The van der Waals surface area contributed by atoms with Crippen molar-refractivity contribution in [2.24, 2.45) is 0 Å². The van der Waals surface area contributed by atoms with Gasteiger partial charge in [0.05, 0.1) is 12.9 Å². The molecule has 0 amide bonds. The molecule has 5 nitrogen and oxygen atoms in total. The third-order valence-electron chi connectivity index (χ3n) is 2.14. The number of carbonyl (C=O) groups excluding carboxylic acids is 1. The van der Waals surface area contributed by atoms with E-state index in [9.17, 15) is 17.6 Å². The molecule has 1 aromatic carbocycles. The highest BCUT2D eigenvalue weighted by atomic mass is 32.2. The van der Waals surface area contributed by atoms with Crippen molar-refractivity contribution in [2.75, 3.05) is 17.6 Å². The lowest BCUT2D eigenvalue weighted by atomic mass is 10.3. The number of rotatable bonds is 6. The van der Waals surface area contributed by atoms with Crippen molar-refractivity contribution < 1.29 is 22.3 Å². The molecule has 0 atom stereocenters. The standard InChI is InChI=1S/C11H14FNO4S/c1-17-11(14)3-2-8-18(15,16)13-10-6-4-9(12)5-7-10/h4-7,13H,2-3,8H2,1H3. The first-order chi connectivity index (χ1) is 8.43. The topological polar surface area (TPSA) is 72.5 Å². The Bertz CT molecular complexity index is 498. The second kappa shape index (κ2) is 6.34. The van der Waals surface area contributed by atoms with Crippen LogP contribution in [0.1, 0.15) is 12.8 Å². The van der Waals surface area contributed by atoms with Gasteiger partial charge in [0.1, 0.15) is 5.82 Å². The van der Waals surface area contributed by atoms with Crippen LogP contribution in [0.25, 0.3) is 0 Å². The van der Waals surface area contributed by atoms with Crippen molar-refractivity contribution in [3.63, 3.8) is 0 Å². The summed E-state index contributed by atoms with van der Waals surface area (Å²) in [4.78, 5) is 10.8. The fourth-order valence-corrected chi connectivity index (χ4v) is 2.38. The van der Waals surface area contributed by atoms with E-state index in [1.165, 1.54) is 19.2 Å². The van der Waals surface area contributed by atoms with Gasteiger partial charge in [-0.15, -0.1) is 0 Å². The number of carbonyl (C=O) groups is 1. The van der Waals surface area contributed by atoms with Gasteiger partial charge in [0.25, 0.3) is 0 Å². The minimum absolute atomic E-state index is 0.0425. The molecule has 0 heterocycles. The van der Waals surface area contributed by atoms with Crippen LogP contribution in [-0.4, -0.2) is 27.2 Å². The van der Waals surface area contributed by atoms with E-state index in [-0.39, 0.29) is 24.3 Å². The van der Waals surface area contributed by atoms with Crippen molar-refractivity contribution in [1.29, 1.82) is 0 Å². The number of hydrogen-bond acceptors (Lipinski definition) is 4. The number of benzene rings is 1. The van der Waals surface area contributed by atoms with Gasteiger partial charge in [0.15, 0.2) is 0 Å². The Morgan fingerprint density at radius 1 is 1.33 bits per heavy atom. The summed E-state index contributed by atoms with van der Waals surface area (Å²) >= 11 is 0. The van der Waals surface area contributed by atoms with Gasteiger partial charge < -0.3 is 4.74 Å². The summed E-state index contributed by atoms with van der Waals surface area (Å²) in [7, 11) is -2.29. The largest absolute Gasteiger partial charge is 0.469 e. The number of halogens is 1. The highest BCUT2D eigenvalue weighted by molar-refractivity contribution is 7.92. The van der Waals surface area contributed by atoms with Gasteiger partial charge in [-0.25, -0.2) is 12.8 Å². The molecule has 7 heteroatoms. The van der Waals surface area contributed by atoms with Crippen molar-refractivity contribution in [2.45, 2.75) is 12.8 Å². The molecule has 0 bridgehead atoms. The zero-order valence-corrected chi connectivity index (χ0v) is 10.7. The van der Waals surface area contributed by atoms with Crippen molar-refractivity contribution >= 4 is 21.7 Å². The van der Waals surface area contributed by atoms with Gasteiger partial charge >= 0.3 is 5.97 Å². The maximum Gasteiger partial charge on any atom is 0.305 e. The summed E-state index contributed by atoms with van der Waals surface area (Å²) in [6.07, 6.45) is 0.212. The van der Waals surface area contributed by atoms with Crippen LogP contribution in [0, 0.1) is 5.82 Å². The molecule has 100 valence electrons. The smallest absolute Gasteiger partial charge is 0.305 e. The number of hydrogen-bond donors (Lipinski definition) is 1. The molecule has 0 saturated carbocycles. The Labute approximate surface area is 105 Å². The van der Waals surface area contributed by atoms with E-state index < -0.39 is 21.8 Å². The van der Waals surface area contributed by atoms with Crippen LogP contribution in [0.15, 0.2) is 24.3 Å². The van der Waals surface area contributed by atoms with Gasteiger partial charge in [0.2, 0.25) is 10.0 Å². The summed E-state index contributed by atoms with van der Waals surface area (Å²) in [5, 5.41) is 0. The van der Waals surface area contributed by atoms with Crippen LogP contribution in [0.4, 0.5) is 10.1 Å². The quantitative estimate of drug-likeness (QED) is 0.799. The van der Waals surface area contributed by atoms with Gasteiger partial charge in [-0.1, -0.05) is 0 Å². The maximum atomic E-state index is 12.6. The summed E-state index contributed by atoms with van der Waals surface area (Å²) in [5.41, 5.74) is 0.287. The van der Waals surface area contributed by atoms with Crippen LogP contribution in [-0.2, 0) is 19.6 Å². The van der Waals surface area contributed by atoms with Gasteiger partial charge in [-0.3, -0.25) is 9.52 Å². The Hall–Kier alpha value is -1.63. The van der Waals surface area contributed by atoms with Gasteiger partial charge in [0, 0.05) is 12.1 Å². The van der Waals surface area contributed by atoms with Crippen LogP contribution in [0.5, 0.6) is 0 Å². The van der Waals surface area contributed by atoms with E-state index in [0.29, 0.717) is 0 Å². The third-order valence-corrected chi connectivity index (χ3v) is 3.51. The number of sulfonamides is 1. The van der Waals surface area contributed by atoms with E-state index in [0.717, 1.165) is 12.1 Å². The zero-order chi connectivity index (χ0) is 13.6. The Balaban J connectivity index is 2.49. The monoisotopic (exact) mass is 275 g/mol. The normalized spacial score (nSPS) is 11.0. The number of esters is 1.